The van der Waals surface area contributed by atoms with Crippen molar-refractivity contribution in [1.82, 2.24) is 20.1 Å². The van der Waals surface area contributed by atoms with Crippen molar-refractivity contribution in [2.24, 2.45) is 0 Å². The predicted molar refractivity (Wildman–Crippen MR) is 45.7 cm³/mol. The number of aromatic amines is 1. The van der Waals surface area contributed by atoms with Crippen molar-refractivity contribution in [2.75, 3.05) is 26.4 Å². The summed E-state index contributed by atoms with van der Waals surface area (Å²) in [5.74, 6) is 1.04. The van der Waals surface area contributed by atoms with Gasteiger partial charge in [0, 0.05) is 12.3 Å². The van der Waals surface area contributed by atoms with Crippen LogP contribution in [0.4, 0.5) is 0 Å². The number of nitrogens with zero attached hydrogens (tertiary/aromatic N) is 3. The Morgan fingerprint density at radius 2 is 2.45 bits per heavy atom. The van der Waals surface area contributed by atoms with Crippen LogP contribution in [0.1, 0.15) is 0 Å². The highest BCUT2D eigenvalue weighted by molar-refractivity contribution is 7.99. The van der Waals surface area contributed by atoms with Gasteiger partial charge in [-0.25, -0.2) is 4.98 Å². The number of aromatic nitrogens is 3. The Morgan fingerprint density at radius 3 is 3.00 bits per heavy atom. The van der Waals surface area contributed by atoms with Gasteiger partial charge in [-0.3, -0.25) is 5.10 Å². The Kier molecular flexibility index (Phi) is 3.38. The quantitative estimate of drug-likeness (QED) is 0.670. The van der Waals surface area contributed by atoms with Gasteiger partial charge in [0.25, 0.3) is 0 Å². The number of hydrogen-bond donors (Lipinski definition) is 1. The Hall–Kier alpha value is -0.550. The fourth-order valence-corrected chi connectivity index (χ4v) is 1.48. The molecule has 1 heterocycles. The van der Waals surface area contributed by atoms with Crippen molar-refractivity contribution in [3.05, 3.63) is 6.33 Å². The molecule has 0 amide bonds. The number of nitrogens with one attached hydrogen (secondary N) is 1. The minimum Gasteiger partial charge on any atom is -0.309 e. The molecular weight excluding hydrogens is 160 g/mol. The maximum Gasteiger partial charge on any atom is 0.183 e. The minimum absolute atomic E-state index is 0.895. The molecule has 0 bridgehead atoms. The molecule has 0 saturated carbocycles. The van der Waals surface area contributed by atoms with E-state index >= 15 is 0 Å². The third-order valence-corrected chi connectivity index (χ3v) is 2.03. The van der Waals surface area contributed by atoms with Gasteiger partial charge in [0.15, 0.2) is 5.16 Å². The fraction of sp³-hybridized carbons (Fsp3) is 0.667. The van der Waals surface area contributed by atoms with E-state index < -0.39 is 0 Å². The summed E-state index contributed by atoms with van der Waals surface area (Å²) in [5, 5.41) is 7.44. The highest BCUT2D eigenvalue weighted by Gasteiger charge is 1.95. The van der Waals surface area contributed by atoms with Crippen molar-refractivity contribution in [2.45, 2.75) is 5.16 Å². The molecule has 0 aliphatic heterocycles. The van der Waals surface area contributed by atoms with Crippen LogP contribution in [-0.2, 0) is 0 Å². The first-order valence-corrected chi connectivity index (χ1v) is 4.40. The second kappa shape index (κ2) is 4.35. The van der Waals surface area contributed by atoms with Crippen LogP contribution in [0.2, 0.25) is 0 Å². The Balaban J connectivity index is 2.14. The number of hydrogen-bond acceptors (Lipinski definition) is 4. The van der Waals surface area contributed by atoms with Gasteiger partial charge in [0.2, 0.25) is 0 Å². The Labute approximate surface area is 70.4 Å². The molecule has 4 nitrogen and oxygen atoms in total. The summed E-state index contributed by atoms with van der Waals surface area (Å²) in [4.78, 5) is 6.13. The molecule has 11 heavy (non-hydrogen) atoms. The van der Waals surface area contributed by atoms with E-state index in [0.717, 1.165) is 17.5 Å². The largest absolute Gasteiger partial charge is 0.309 e. The number of rotatable bonds is 4. The molecular formula is C6H12N4S. The van der Waals surface area contributed by atoms with Gasteiger partial charge in [0.05, 0.1) is 0 Å². The van der Waals surface area contributed by atoms with Gasteiger partial charge < -0.3 is 4.90 Å². The van der Waals surface area contributed by atoms with Crippen molar-refractivity contribution < 1.29 is 0 Å². The minimum atomic E-state index is 0.895. The van der Waals surface area contributed by atoms with Gasteiger partial charge in [-0.2, -0.15) is 5.10 Å². The van der Waals surface area contributed by atoms with E-state index in [2.05, 4.69) is 34.2 Å². The molecule has 0 radical (unpaired) electrons. The average Bonchev–Trinajstić information content (AvgIpc) is 2.39. The second-order valence-electron chi connectivity index (χ2n) is 2.44. The topological polar surface area (TPSA) is 44.8 Å². The summed E-state index contributed by atoms with van der Waals surface area (Å²) in [6, 6.07) is 0. The molecule has 0 unspecified atom stereocenters. The van der Waals surface area contributed by atoms with E-state index in [1.165, 1.54) is 6.33 Å². The van der Waals surface area contributed by atoms with E-state index in [1.54, 1.807) is 11.8 Å². The molecule has 0 atom stereocenters. The van der Waals surface area contributed by atoms with Crippen LogP contribution in [0.15, 0.2) is 11.5 Å². The van der Waals surface area contributed by atoms with E-state index in [4.69, 9.17) is 0 Å². The first kappa shape index (κ1) is 8.55. The zero-order valence-corrected chi connectivity index (χ0v) is 7.56. The Bertz CT molecular complexity index is 184. The lowest BCUT2D eigenvalue weighted by molar-refractivity contribution is 0.437. The average molecular weight is 172 g/mol. The molecule has 0 aliphatic carbocycles. The van der Waals surface area contributed by atoms with Gasteiger partial charge >= 0.3 is 0 Å². The van der Waals surface area contributed by atoms with Crippen LogP contribution in [0, 0.1) is 0 Å². The van der Waals surface area contributed by atoms with Crippen molar-refractivity contribution in [1.29, 1.82) is 0 Å². The maximum absolute atomic E-state index is 3.99. The summed E-state index contributed by atoms with van der Waals surface area (Å²) in [6.07, 6.45) is 1.53. The zero-order valence-electron chi connectivity index (χ0n) is 6.74. The first-order valence-electron chi connectivity index (χ1n) is 3.42. The summed E-state index contributed by atoms with van der Waals surface area (Å²) in [7, 11) is 4.11. The highest BCUT2D eigenvalue weighted by atomic mass is 32.2. The zero-order chi connectivity index (χ0) is 8.10. The predicted octanol–water partition coefficient (Wildman–Crippen LogP) is 0.458. The molecule has 1 aromatic heterocycles. The van der Waals surface area contributed by atoms with Gasteiger partial charge in [-0.1, -0.05) is 11.8 Å². The number of H-pyrrole nitrogens is 1. The molecule has 1 aromatic rings. The molecule has 1 rings (SSSR count). The summed E-state index contributed by atoms with van der Waals surface area (Å²) in [5.41, 5.74) is 0. The third kappa shape index (κ3) is 3.38. The third-order valence-electron chi connectivity index (χ3n) is 1.17. The van der Waals surface area contributed by atoms with Crippen LogP contribution in [0.25, 0.3) is 0 Å². The van der Waals surface area contributed by atoms with E-state index in [9.17, 15) is 0 Å². The lowest BCUT2D eigenvalue weighted by Crippen LogP contribution is -2.14. The highest BCUT2D eigenvalue weighted by Crippen LogP contribution is 2.09. The summed E-state index contributed by atoms with van der Waals surface area (Å²) >= 11 is 1.68. The molecule has 0 aromatic carbocycles. The van der Waals surface area contributed by atoms with Gasteiger partial charge in [0.1, 0.15) is 6.33 Å². The Morgan fingerprint density at radius 1 is 1.64 bits per heavy atom. The van der Waals surface area contributed by atoms with Crippen LogP contribution >= 0.6 is 11.8 Å². The monoisotopic (exact) mass is 172 g/mol. The smallest absolute Gasteiger partial charge is 0.183 e. The molecule has 0 fully saturated rings. The van der Waals surface area contributed by atoms with Crippen molar-refractivity contribution in [3.63, 3.8) is 0 Å². The van der Waals surface area contributed by atoms with E-state index in [-0.39, 0.29) is 0 Å². The van der Waals surface area contributed by atoms with E-state index in [1.807, 2.05) is 0 Å². The van der Waals surface area contributed by atoms with Crippen molar-refractivity contribution >= 4 is 11.8 Å². The van der Waals surface area contributed by atoms with Crippen LogP contribution in [-0.4, -0.2) is 46.5 Å². The maximum atomic E-state index is 3.99. The normalized spacial score (nSPS) is 10.8. The van der Waals surface area contributed by atoms with Gasteiger partial charge in [-0.05, 0) is 14.1 Å². The summed E-state index contributed by atoms with van der Waals surface area (Å²) in [6.45, 7) is 1.06. The van der Waals surface area contributed by atoms with Crippen LogP contribution < -0.4 is 0 Å². The standard InChI is InChI=1S/C6H12N4S/c1-10(2)3-4-11-6-7-5-8-9-6/h5H,3-4H2,1-2H3,(H,7,8,9). The molecule has 0 aliphatic rings. The molecule has 0 saturated heterocycles. The lowest BCUT2D eigenvalue weighted by Gasteiger charge is -2.06. The van der Waals surface area contributed by atoms with Crippen LogP contribution in [0.5, 0.6) is 0 Å². The summed E-state index contributed by atoms with van der Waals surface area (Å²) < 4.78 is 0. The first-order chi connectivity index (χ1) is 5.29. The molecule has 62 valence electrons. The fourth-order valence-electron chi connectivity index (χ4n) is 0.589. The SMILES string of the molecule is CN(C)CCSc1ncn[nH]1. The van der Waals surface area contributed by atoms with Gasteiger partial charge in [-0.15, -0.1) is 0 Å². The van der Waals surface area contributed by atoms with E-state index in [0.29, 0.717) is 0 Å². The lowest BCUT2D eigenvalue weighted by atomic mass is 10.7. The van der Waals surface area contributed by atoms with Crippen LogP contribution in [0.3, 0.4) is 0 Å². The van der Waals surface area contributed by atoms with Crippen molar-refractivity contribution in [3.8, 4) is 0 Å². The molecule has 0 spiro atoms. The molecule has 1 N–H and O–H groups in total. The second-order valence-corrected chi connectivity index (χ2v) is 3.53. The number of thioether (sulfide) groups is 1. The molecule has 5 heteroatoms.